The van der Waals surface area contributed by atoms with Gasteiger partial charge in [0.15, 0.2) is 11.5 Å². The van der Waals surface area contributed by atoms with Crippen LogP contribution in [0.5, 0.6) is 0 Å². The number of aromatic nitrogens is 3. The Morgan fingerprint density at radius 3 is 2.52 bits per heavy atom. The van der Waals surface area contributed by atoms with E-state index in [0.717, 1.165) is 22.6 Å². The van der Waals surface area contributed by atoms with Crippen molar-refractivity contribution in [3.05, 3.63) is 95.6 Å². The molecule has 4 aromatic rings. The summed E-state index contributed by atoms with van der Waals surface area (Å²) in [4.78, 5) is 4.46. The molecule has 2 aromatic carbocycles. The minimum Gasteiger partial charge on any atom is -0.364 e. The highest BCUT2D eigenvalue weighted by molar-refractivity contribution is 5.62. The minimum absolute atomic E-state index is 0.232. The first-order valence-electron chi connectivity index (χ1n) is 8.14. The van der Waals surface area contributed by atoms with Gasteiger partial charge in [-0.2, -0.15) is 0 Å². The molecule has 1 N–H and O–H groups in total. The molecule has 2 aromatic heterocycles. The number of hydrogen-bond donors (Lipinski definition) is 1. The number of fused-ring (bicyclic) bond motifs is 1. The zero-order chi connectivity index (χ0) is 17.1. The van der Waals surface area contributed by atoms with Crippen molar-refractivity contribution in [2.45, 2.75) is 13.0 Å². The Bertz CT molecular complexity index is 978. The molecular formula is C20H17FN4. The number of anilines is 1. The zero-order valence-corrected chi connectivity index (χ0v) is 13.6. The molecule has 0 spiro atoms. The number of nitrogens with zero attached hydrogens (tertiary/aromatic N) is 3. The second-order valence-corrected chi connectivity index (χ2v) is 5.86. The maximum Gasteiger partial charge on any atom is 0.160 e. The summed E-state index contributed by atoms with van der Waals surface area (Å²) in [5.74, 6) is 0.566. The van der Waals surface area contributed by atoms with E-state index in [1.165, 1.54) is 17.7 Å². The third-order valence-corrected chi connectivity index (χ3v) is 4.09. The number of hydrogen-bond acceptors (Lipinski definition) is 3. The molecule has 5 heteroatoms. The number of benzene rings is 2. The Hall–Kier alpha value is -3.21. The normalized spacial score (nSPS) is 10.9. The van der Waals surface area contributed by atoms with Crippen LogP contribution in [0.1, 0.15) is 16.7 Å². The quantitative estimate of drug-likeness (QED) is 0.599. The standard InChI is InChI=1S/C20H17FN4/c21-17-9-7-15(8-10-17)13-18-19(23-14-16-5-2-1-3-6-16)24-25-12-4-11-22-20(18)25/h1-12H,13-14H2,(H,23,24). The van der Waals surface area contributed by atoms with Crippen LogP contribution in [0, 0.1) is 5.82 Å². The van der Waals surface area contributed by atoms with Gasteiger partial charge >= 0.3 is 0 Å². The van der Waals surface area contributed by atoms with Crippen LogP contribution < -0.4 is 5.32 Å². The molecular weight excluding hydrogens is 315 g/mol. The van der Waals surface area contributed by atoms with Crippen LogP contribution in [0.4, 0.5) is 10.2 Å². The van der Waals surface area contributed by atoms with Crippen molar-refractivity contribution in [1.29, 1.82) is 0 Å². The summed E-state index contributed by atoms with van der Waals surface area (Å²) >= 11 is 0. The minimum atomic E-state index is -0.232. The molecule has 0 bridgehead atoms. The van der Waals surface area contributed by atoms with E-state index in [1.54, 1.807) is 22.8 Å². The molecule has 2 heterocycles. The topological polar surface area (TPSA) is 42.2 Å². The smallest absolute Gasteiger partial charge is 0.160 e. The fourth-order valence-electron chi connectivity index (χ4n) is 2.83. The maximum absolute atomic E-state index is 13.2. The molecule has 0 unspecified atom stereocenters. The Kier molecular flexibility index (Phi) is 4.12. The molecule has 0 aliphatic heterocycles. The first kappa shape index (κ1) is 15.3. The summed E-state index contributed by atoms with van der Waals surface area (Å²) in [5, 5.41) is 8.02. The third kappa shape index (κ3) is 3.35. The molecule has 0 aliphatic carbocycles. The van der Waals surface area contributed by atoms with Gasteiger partial charge in [-0.1, -0.05) is 42.5 Å². The SMILES string of the molecule is Fc1ccc(Cc2c(NCc3ccccc3)nn3cccnc23)cc1. The number of rotatable bonds is 5. The van der Waals surface area contributed by atoms with Crippen molar-refractivity contribution in [1.82, 2.24) is 14.6 Å². The molecule has 0 aliphatic rings. The predicted molar refractivity (Wildman–Crippen MR) is 96.0 cm³/mol. The second kappa shape index (κ2) is 6.73. The van der Waals surface area contributed by atoms with E-state index in [9.17, 15) is 4.39 Å². The van der Waals surface area contributed by atoms with Gasteiger partial charge in [0.1, 0.15) is 5.82 Å². The highest BCUT2D eigenvalue weighted by Gasteiger charge is 2.14. The van der Waals surface area contributed by atoms with Crippen molar-refractivity contribution in [2.75, 3.05) is 5.32 Å². The van der Waals surface area contributed by atoms with Gasteiger partial charge in [0.25, 0.3) is 0 Å². The summed E-state index contributed by atoms with van der Waals surface area (Å²) in [6, 6.07) is 18.6. The summed E-state index contributed by atoms with van der Waals surface area (Å²) in [7, 11) is 0. The molecule has 0 saturated heterocycles. The maximum atomic E-state index is 13.2. The van der Waals surface area contributed by atoms with Crippen LogP contribution in [-0.2, 0) is 13.0 Å². The van der Waals surface area contributed by atoms with E-state index in [1.807, 2.05) is 30.5 Å². The Balaban J connectivity index is 1.66. The monoisotopic (exact) mass is 332 g/mol. The van der Waals surface area contributed by atoms with Crippen molar-refractivity contribution in [2.24, 2.45) is 0 Å². The molecule has 124 valence electrons. The van der Waals surface area contributed by atoms with E-state index < -0.39 is 0 Å². The van der Waals surface area contributed by atoms with E-state index in [0.29, 0.717) is 13.0 Å². The van der Waals surface area contributed by atoms with Crippen molar-refractivity contribution < 1.29 is 4.39 Å². The summed E-state index contributed by atoms with van der Waals surface area (Å²) in [5.41, 5.74) is 4.01. The van der Waals surface area contributed by atoms with Crippen LogP contribution in [0.25, 0.3) is 5.65 Å². The average molecular weight is 332 g/mol. The van der Waals surface area contributed by atoms with Crippen molar-refractivity contribution in [3.8, 4) is 0 Å². The van der Waals surface area contributed by atoms with Crippen LogP contribution in [-0.4, -0.2) is 14.6 Å². The van der Waals surface area contributed by atoms with Crippen LogP contribution in [0.15, 0.2) is 73.1 Å². The van der Waals surface area contributed by atoms with Gasteiger partial charge < -0.3 is 5.32 Å². The fraction of sp³-hybridized carbons (Fsp3) is 0.100. The lowest BCUT2D eigenvalue weighted by Gasteiger charge is -2.06. The van der Waals surface area contributed by atoms with E-state index in [4.69, 9.17) is 0 Å². The molecule has 0 fully saturated rings. The molecule has 0 amide bonds. The van der Waals surface area contributed by atoms with Crippen LogP contribution >= 0.6 is 0 Å². The van der Waals surface area contributed by atoms with Crippen LogP contribution in [0.2, 0.25) is 0 Å². The third-order valence-electron chi connectivity index (χ3n) is 4.09. The summed E-state index contributed by atoms with van der Waals surface area (Å²) < 4.78 is 14.9. The van der Waals surface area contributed by atoms with E-state index in [2.05, 4.69) is 27.5 Å². The summed E-state index contributed by atoms with van der Waals surface area (Å²) in [6.45, 7) is 0.682. The van der Waals surface area contributed by atoms with E-state index >= 15 is 0 Å². The Morgan fingerprint density at radius 1 is 0.920 bits per heavy atom. The highest BCUT2D eigenvalue weighted by Crippen LogP contribution is 2.23. The predicted octanol–water partition coefficient (Wildman–Crippen LogP) is 4.07. The second-order valence-electron chi connectivity index (χ2n) is 5.86. The zero-order valence-electron chi connectivity index (χ0n) is 13.6. The lowest BCUT2D eigenvalue weighted by molar-refractivity contribution is 0.627. The summed E-state index contributed by atoms with van der Waals surface area (Å²) in [6.07, 6.45) is 4.27. The fourth-order valence-corrected chi connectivity index (χ4v) is 2.83. The van der Waals surface area contributed by atoms with Gasteiger partial charge in [-0.05, 0) is 29.3 Å². The first-order chi connectivity index (χ1) is 12.3. The lowest BCUT2D eigenvalue weighted by atomic mass is 10.1. The van der Waals surface area contributed by atoms with Gasteiger partial charge in [-0.25, -0.2) is 13.9 Å². The van der Waals surface area contributed by atoms with Crippen molar-refractivity contribution >= 4 is 11.5 Å². The van der Waals surface area contributed by atoms with Gasteiger partial charge in [-0.3, -0.25) is 0 Å². The average Bonchev–Trinajstić information content (AvgIpc) is 3.00. The highest BCUT2D eigenvalue weighted by atomic mass is 19.1. The van der Waals surface area contributed by atoms with Crippen molar-refractivity contribution in [3.63, 3.8) is 0 Å². The Labute approximate surface area is 145 Å². The molecule has 0 radical (unpaired) electrons. The molecule has 0 atom stereocenters. The van der Waals surface area contributed by atoms with Gasteiger partial charge in [-0.15, -0.1) is 5.10 Å². The van der Waals surface area contributed by atoms with Crippen LogP contribution in [0.3, 0.4) is 0 Å². The number of halogens is 1. The van der Waals surface area contributed by atoms with Gasteiger partial charge in [0.05, 0.1) is 0 Å². The lowest BCUT2D eigenvalue weighted by Crippen LogP contribution is -2.02. The number of nitrogens with one attached hydrogen (secondary N) is 1. The van der Waals surface area contributed by atoms with E-state index in [-0.39, 0.29) is 5.82 Å². The molecule has 25 heavy (non-hydrogen) atoms. The molecule has 0 saturated carbocycles. The largest absolute Gasteiger partial charge is 0.364 e. The molecule has 4 rings (SSSR count). The first-order valence-corrected chi connectivity index (χ1v) is 8.14. The Morgan fingerprint density at radius 2 is 1.72 bits per heavy atom. The van der Waals surface area contributed by atoms with Gasteiger partial charge in [0.2, 0.25) is 0 Å². The van der Waals surface area contributed by atoms with Gasteiger partial charge in [0, 0.05) is 30.9 Å². The molecule has 4 nitrogen and oxygen atoms in total.